The lowest BCUT2D eigenvalue weighted by Gasteiger charge is -2.46. The van der Waals surface area contributed by atoms with Crippen molar-refractivity contribution in [2.45, 2.75) is 64.3 Å². The van der Waals surface area contributed by atoms with E-state index in [2.05, 4.69) is 29.8 Å². The predicted molar refractivity (Wildman–Crippen MR) is 91.2 cm³/mol. The molecule has 1 aliphatic heterocycles. The second kappa shape index (κ2) is 10.4. The van der Waals surface area contributed by atoms with Crippen LogP contribution in [0.25, 0.3) is 0 Å². The molecule has 0 aromatic carbocycles. The molecule has 1 fully saturated rings. The van der Waals surface area contributed by atoms with E-state index in [9.17, 15) is 4.79 Å². The highest BCUT2D eigenvalue weighted by Crippen LogP contribution is 2.18. The molecular formula is C16H34N2O2Si. The van der Waals surface area contributed by atoms with Gasteiger partial charge < -0.3 is 4.74 Å². The summed E-state index contributed by atoms with van der Waals surface area (Å²) in [5, 5.41) is 0. The topological polar surface area (TPSA) is 32.8 Å². The summed E-state index contributed by atoms with van der Waals surface area (Å²) < 4.78 is 4.79. The van der Waals surface area contributed by atoms with Gasteiger partial charge in [0.1, 0.15) is 0 Å². The lowest BCUT2D eigenvalue weighted by atomic mass is 10.2. The Morgan fingerprint density at radius 2 is 1.81 bits per heavy atom. The maximum atomic E-state index is 11.4. The summed E-state index contributed by atoms with van der Waals surface area (Å²) in [5.41, 5.74) is 0. The van der Waals surface area contributed by atoms with Crippen LogP contribution in [0.4, 0.5) is 0 Å². The Morgan fingerprint density at radius 3 is 2.38 bits per heavy atom. The molecule has 1 heterocycles. The number of methoxy groups -OCH3 is 1. The summed E-state index contributed by atoms with van der Waals surface area (Å²) in [4.78, 5) is 16.6. The summed E-state index contributed by atoms with van der Waals surface area (Å²) in [5.74, 6) is 0.532. The number of nitrogens with zero attached hydrogens (tertiary/aromatic N) is 2. The highest BCUT2D eigenvalue weighted by atomic mass is 28.3. The van der Waals surface area contributed by atoms with E-state index in [0.29, 0.717) is 12.2 Å². The Hall–Kier alpha value is -0.393. The van der Waals surface area contributed by atoms with Gasteiger partial charge >= 0.3 is 5.97 Å². The second-order valence-corrected chi connectivity index (χ2v) is 9.55. The minimum atomic E-state index is -0.799. The zero-order valence-electron chi connectivity index (χ0n) is 14.4. The van der Waals surface area contributed by atoms with Crippen LogP contribution in [0, 0.1) is 0 Å². The van der Waals surface area contributed by atoms with Gasteiger partial charge in [-0.2, -0.15) is 0 Å². The number of rotatable bonds is 9. The maximum absolute atomic E-state index is 11.4. The lowest BCUT2D eigenvalue weighted by Crippen LogP contribution is -2.59. The van der Waals surface area contributed by atoms with Crippen molar-refractivity contribution in [3.8, 4) is 0 Å². The Bertz CT molecular complexity index is 300. The molecule has 5 heteroatoms. The molecule has 0 bridgehead atoms. The van der Waals surface area contributed by atoms with Crippen molar-refractivity contribution in [1.29, 1.82) is 0 Å². The fourth-order valence-corrected chi connectivity index (χ4v) is 5.67. The SMILES string of the molecule is CCCCCCN1CCCN(CCC(=O)OC)C1[SiH](C)C. The molecule has 1 unspecified atom stereocenters. The zero-order valence-corrected chi connectivity index (χ0v) is 15.6. The Kier molecular flexibility index (Phi) is 9.20. The molecule has 0 N–H and O–H groups in total. The van der Waals surface area contributed by atoms with Crippen molar-refractivity contribution in [2.24, 2.45) is 0 Å². The van der Waals surface area contributed by atoms with Crippen molar-refractivity contribution < 1.29 is 9.53 Å². The fourth-order valence-electron chi connectivity index (χ4n) is 3.38. The van der Waals surface area contributed by atoms with Crippen LogP contribution in [0.15, 0.2) is 0 Å². The van der Waals surface area contributed by atoms with Crippen molar-refractivity contribution in [2.75, 3.05) is 33.3 Å². The van der Waals surface area contributed by atoms with Crippen LogP contribution in [-0.2, 0) is 9.53 Å². The molecule has 0 aromatic heterocycles. The predicted octanol–water partition coefficient (Wildman–Crippen LogP) is 2.49. The molecule has 0 aliphatic carbocycles. The van der Waals surface area contributed by atoms with E-state index in [4.69, 9.17) is 4.74 Å². The number of ether oxygens (including phenoxy) is 1. The molecule has 1 atom stereocenters. The van der Waals surface area contributed by atoms with Gasteiger partial charge in [-0.15, -0.1) is 0 Å². The van der Waals surface area contributed by atoms with E-state index in [0.717, 1.165) is 13.1 Å². The largest absolute Gasteiger partial charge is 0.469 e. The molecular weight excluding hydrogens is 280 g/mol. The van der Waals surface area contributed by atoms with Crippen molar-refractivity contribution in [3.05, 3.63) is 0 Å². The minimum absolute atomic E-state index is 0.0840. The van der Waals surface area contributed by atoms with Gasteiger partial charge in [0.25, 0.3) is 0 Å². The van der Waals surface area contributed by atoms with Gasteiger partial charge in [0.15, 0.2) is 0 Å². The van der Waals surface area contributed by atoms with Crippen molar-refractivity contribution >= 4 is 14.8 Å². The number of unbranched alkanes of at least 4 members (excludes halogenated alkanes) is 3. The Balaban J connectivity index is 2.51. The van der Waals surface area contributed by atoms with Crippen molar-refractivity contribution in [1.82, 2.24) is 9.80 Å². The third kappa shape index (κ3) is 6.49. The average Bonchev–Trinajstić information content (AvgIpc) is 2.48. The lowest BCUT2D eigenvalue weighted by molar-refractivity contribution is -0.141. The second-order valence-electron chi connectivity index (χ2n) is 6.47. The van der Waals surface area contributed by atoms with Crippen molar-refractivity contribution in [3.63, 3.8) is 0 Å². The molecule has 0 spiro atoms. The number of hydrogen-bond donors (Lipinski definition) is 0. The normalized spacial score (nSPS) is 20.9. The maximum Gasteiger partial charge on any atom is 0.306 e. The molecule has 0 amide bonds. The number of carbonyl (C=O) groups is 1. The Labute approximate surface area is 132 Å². The van der Waals surface area contributed by atoms with Gasteiger partial charge in [0.05, 0.1) is 22.3 Å². The van der Waals surface area contributed by atoms with Gasteiger partial charge in [-0.1, -0.05) is 39.3 Å². The van der Waals surface area contributed by atoms with Gasteiger partial charge in [0.2, 0.25) is 0 Å². The number of esters is 1. The summed E-state index contributed by atoms with van der Waals surface area (Å²) in [6.45, 7) is 11.6. The highest BCUT2D eigenvalue weighted by Gasteiger charge is 2.31. The first-order chi connectivity index (χ1) is 10.1. The standard InChI is InChI=1S/C16H34N2O2Si/c1-5-6-7-8-11-17-12-9-13-18(16(17)21(3)4)14-10-15(19)20-2/h16,21H,5-14H2,1-4H3. The fraction of sp³-hybridized carbons (Fsp3) is 0.938. The van der Waals surface area contributed by atoms with Crippen LogP contribution in [0.1, 0.15) is 45.4 Å². The summed E-state index contributed by atoms with van der Waals surface area (Å²) in [6, 6.07) is 0. The first kappa shape index (κ1) is 18.7. The minimum Gasteiger partial charge on any atom is -0.469 e. The van der Waals surface area contributed by atoms with Gasteiger partial charge in [-0.25, -0.2) is 0 Å². The van der Waals surface area contributed by atoms with E-state index in [-0.39, 0.29) is 5.97 Å². The first-order valence-corrected chi connectivity index (χ1v) is 11.6. The van der Waals surface area contributed by atoms with Crippen LogP contribution < -0.4 is 0 Å². The van der Waals surface area contributed by atoms with Crippen LogP contribution in [0.5, 0.6) is 0 Å². The quantitative estimate of drug-likeness (QED) is 0.372. The summed E-state index contributed by atoms with van der Waals surface area (Å²) in [7, 11) is 0.681. The molecule has 124 valence electrons. The highest BCUT2D eigenvalue weighted by molar-refractivity contribution is 6.57. The average molecular weight is 315 g/mol. The van der Waals surface area contributed by atoms with Gasteiger partial charge in [0, 0.05) is 25.4 Å². The number of carbonyl (C=O) groups excluding carboxylic acids is 1. The molecule has 0 radical (unpaired) electrons. The van der Waals surface area contributed by atoms with E-state index in [1.165, 1.54) is 52.3 Å². The van der Waals surface area contributed by atoms with E-state index >= 15 is 0 Å². The number of hydrogen-bond acceptors (Lipinski definition) is 4. The molecule has 1 aliphatic rings. The van der Waals surface area contributed by atoms with Crippen LogP contribution in [0.3, 0.4) is 0 Å². The molecule has 0 aromatic rings. The van der Waals surface area contributed by atoms with Gasteiger partial charge in [-0.05, 0) is 19.4 Å². The van der Waals surface area contributed by atoms with E-state index in [1.54, 1.807) is 0 Å². The summed E-state index contributed by atoms with van der Waals surface area (Å²) >= 11 is 0. The van der Waals surface area contributed by atoms with Crippen LogP contribution in [-0.4, -0.2) is 63.6 Å². The molecule has 4 nitrogen and oxygen atoms in total. The molecule has 1 rings (SSSR count). The monoisotopic (exact) mass is 314 g/mol. The third-order valence-electron chi connectivity index (χ3n) is 4.36. The van der Waals surface area contributed by atoms with E-state index in [1.807, 2.05) is 0 Å². The third-order valence-corrected chi connectivity index (χ3v) is 6.40. The molecule has 21 heavy (non-hydrogen) atoms. The van der Waals surface area contributed by atoms with Gasteiger partial charge in [-0.3, -0.25) is 14.6 Å². The van der Waals surface area contributed by atoms with Crippen LogP contribution >= 0.6 is 0 Å². The molecule has 1 saturated heterocycles. The smallest absolute Gasteiger partial charge is 0.306 e. The Morgan fingerprint density at radius 1 is 1.14 bits per heavy atom. The van der Waals surface area contributed by atoms with E-state index < -0.39 is 8.80 Å². The zero-order chi connectivity index (χ0) is 15.7. The summed E-state index contributed by atoms with van der Waals surface area (Å²) in [6.07, 6.45) is 7.07. The first-order valence-electron chi connectivity index (χ1n) is 8.65. The van der Waals surface area contributed by atoms with Crippen LogP contribution in [0.2, 0.25) is 13.1 Å². The molecule has 0 saturated carbocycles.